The molecule has 2 heterocycles. The van der Waals surface area contributed by atoms with E-state index in [1.165, 1.54) is 0 Å². The molecule has 0 bridgehead atoms. The Morgan fingerprint density at radius 1 is 1.30 bits per heavy atom. The first-order valence-electron chi connectivity index (χ1n) is 6.25. The van der Waals surface area contributed by atoms with E-state index >= 15 is 0 Å². The van der Waals surface area contributed by atoms with Gasteiger partial charge in [0.25, 0.3) is 0 Å². The molecule has 1 aromatic heterocycles. The Balaban J connectivity index is 1.95. The number of halogens is 1. The number of nitrogen functional groups attached to an aromatic ring is 1. The highest BCUT2D eigenvalue weighted by Gasteiger charge is 2.31. The zero-order chi connectivity index (χ0) is 14.3. The Hall–Kier alpha value is -1.53. The van der Waals surface area contributed by atoms with E-state index in [0.29, 0.717) is 17.3 Å². The van der Waals surface area contributed by atoms with Crippen LogP contribution in [0.4, 0.5) is 5.82 Å². The quantitative estimate of drug-likeness (QED) is 0.921. The lowest BCUT2D eigenvalue weighted by Crippen LogP contribution is -2.14. The first-order valence-corrected chi connectivity index (χ1v) is 8.45. The minimum Gasteiger partial charge on any atom is -0.383 e. The summed E-state index contributed by atoms with van der Waals surface area (Å²) in [6.07, 6.45) is 2.23. The zero-order valence-electron chi connectivity index (χ0n) is 10.7. The lowest BCUT2D eigenvalue weighted by atomic mass is 10.1. The predicted molar refractivity (Wildman–Crippen MR) is 79.4 cm³/mol. The van der Waals surface area contributed by atoms with Crippen molar-refractivity contribution in [2.24, 2.45) is 0 Å². The van der Waals surface area contributed by atoms with Gasteiger partial charge in [0.1, 0.15) is 5.82 Å². The van der Waals surface area contributed by atoms with E-state index in [2.05, 4.69) is 5.10 Å². The highest BCUT2D eigenvalue weighted by molar-refractivity contribution is 7.91. The predicted octanol–water partition coefficient (Wildman–Crippen LogP) is 2.15. The van der Waals surface area contributed by atoms with Crippen molar-refractivity contribution in [3.8, 4) is 11.1 Å². The van der Waals surface area contributed by atoms with Crippen LogP contribution in [0.3, 0.4) is 0 Å². The molecule has 0 amide bonds. The average Bonchev–Trinajstić information content (AvgIpc) is 2.93. The first-order chi connectivity index (χ1) is 9.46. The highest BCUT2D eigenvalue weighted by Crippen LogP contribution is 2.32. The zero-order valence-corrected chi connectivity index (χ0v) is 12.2. The normalized spacial score (nSPS) is 21.1. The minimum atomic E-state index is -2.96. The molecule has 1 aliphatic heterocycles. The molecule has 0 spiro atoms. The Morgan fingerprint density at radius 3 is 2.60 bits per heavy atom. The van der Waals surface area contributed by atoms with Gasteiger partial charge in [-0.05, 0) is 24.1 Å². The number of nitrogens with zero attached hydrogens (tertiary/aromatic N) is 2. The number of rotatable bonds is 2. The van der Waals surface area contributed by atoms with Crippen molar-refractivity contribution < 1.29 is 8.42 Å². The van der Waals surface area contributed by atoms with Crippen LogP contribution in [0.25, 0.3) is 11.1 Å². The van der Waals surface area contributed by atoms with Gasteiger partial charge in [-0.25, -0.2) is 13.1 Å². The molecule has 1 saturated heterocycles. The van der Waals surface area contributed by atoms with Gasteiger partial charge in [-0.1, -0.05) is 23.7 Å². The van der Waals surface area contributed by atoms with E-state index in [9.17, 15) is 8.42 Å². The van der Waals surface area contributed by atoms with Gasteiger partial charge in [0.2, 0.25) is 0 Å². The van der Waals surface area contributed by atoms with Gasteiger partial charge >= 0.3 is 0 Å². The van der Waals surface area contributed by atoms with Crippen LogP contribution in [-0.2, 0) is 9.84 Å². The van der Waals surface area contributed by atoms with E-state index < -0.39 is 9.84 Å². The lowest BCUT2D eigenvalue weighted by molar-refractivity contribution is 0.507. The fraction of sp³-hybridized carbons (Fsp3) is 0.308. The summed E-state index contributed by atoms with van der Waals surface area (Å²) >= 11 is 5.86. The lowest BCUT2D eigenvalue weighted by Gasteiger charge is -2.11. The molecule has 5 nitrogen and oxygen atoms in total. The maximum Gasteiger partial charge on any atom is 0.152 e. The second kappa shape index (κ2) is 4.79. The molecule has 3 rings (SSSR count). The molecule has 0 saturated carbocycles. The standard InChI is InChI=1S/C13H14ClN3O2S/c14-10-3-1-9(2-4-10)12-7-16-17(13(12)15)11-5-6-20(18,19)8-11/h1-4,7,11H,5-6,8,15H2/t11-/m0/s1. The van der Waals surface area contributed by atoms with Crippen molar-refractivity contribution in [2.75, 3.05) is 17.2 Å². The van der Waals surface area contributed by atoms with Crippen LogP contribution >= 0.6 is 11.6 Å². The molecule has 1 atom stereocenters. The third kappa shape index (κ3) is 2.41. The molecule has 1 fully saturated rings. The molecular weight excluding hydrogens is 298 g/mol. The van der Waals surface area contributed by atoms with Crippen LogP contribution in [0.2, 0.25) is 5.02 Å². The fourth-order valence-corrected chi connectivity index (χ4v) is 4.30. The molecule has 0 unspecified atom stereocenters. The average molecular weight is 312 g/mol. The van der Waals surface area contributed by atoms with Gasteiger partial charge in [0.05, 0.1) is 23.7 Å². The minimum absolute atomic E-state index is 0.110. The van der Waals surface area contributed by atoms with Gasteiger partial charge in [0, 0.05) is 10.6 Å². The second-order valence-electron chi connectivity index (χ2n) is 4.95. The van der Waals surface area contributed by atoms with E-state index in [-0.39, 0.29) is 17.5 Å². The molecule has 0 aliphatic carbocycles. The summed E-state index contributed by atoms with van der Waals surface area (Å²) in [5, 5.41) is 4.91. The number of sulfone groups is 1. The van der Waals surface area contributed by atoms with E-state index in [0.717, 1.165) is 11.1 Å². The van der Waals surface area contributed by atoms with Crippen molar-refractivity contribution in [3.63, 3.8) is 0 Å². The fourth-order valence-electron chi connectivity index (χ4n) is 2.48. The van der Waals surface area contributed by atoms with Crippen molar-refractivity contribution in [2.45, 2.75) is 12.5 Å². The van der Waals surface area contributed by atoms with Crippen LogP contribution in [0.5, 0.6) is 0 Å². The van der Waals surface area contributed by atoms with Crippen molar-refractivity contribution in [1.82, 2.24) is 9.78 Å². The maximum atomic E-state index is 11.5. The number of benzene rings is 1. The number of anilines is 1. The Labute approximate surface area is 122 Å². The molecule has 106 valence electrons. The molecule has 7 heteroatoms. The summed E-state index contributed by atoms with van der Waals surface area (Å²) < 4.78 is 24.7. The molecule has 1 aromatic carbocycles. The maximum absolute atomic E-state index is 11.5. The van der Waals surface area contributed by atoms with Crippen LogP contribution in [0.15, 0.2) is 30.5 Å². The molecule has 1 aliphatic rings. The van der Waals surface area contributed by atoms with Gasteiger partial charge in [-0.15, -0.1) is 0 Å². The summed E-state index contributed by atoms with van der Waals surface area (Å²) in [6, 6.07) is 7.14. The van der Waals surface area contributed by atoms with Gasteiger partial charge in [-0.3, -0.25) is 0 Å². The molecule has 2 N–H and O–H groups in total. The summed E-state index contributed by atoms with van der Waals surface area (Å²) in [5.41, 5.74) is 7.83. The highest BCUT2D eigenvalue weighted by atomic mass is 35.5. The third-order valence-corrected chi connectivity index (χ3v) is 5.55. The van der Waals surface area contributed by atoms with Crippen molar-refractivity contribution >= 4 is 27.3 Å². The van der Waals surface area contributed by atoms with Crippen LogP contribution in [-0.4, -0.2) is 29.7 Å². The Morgan fingerprint density at radius 2 is 2.00 bits per heavy atom. The molecular formula is C13H14ClN3O2S. The number of aromatic nitrogens is 2. The SMILES string of the molecule is Nc1c(-c2ccc(Cl)cc2)cnn1[C@H]1CCS(=O)(=O)C1. The van der Waals surface area contributed by atoms with Crippen molar-refractivity contribution in [1.29, 1.82) is 0 Å². The van der Waals surface area contributed by atoms with Crippen LogP contribution in [0.1, 0.15) is 12.5 Å². The summed E-state index contributed by atoms with van der Waals surface area (Å²) in [6.45, 7) is 0. The van der Waals surface area contributed by atoms with Crippen LogP contribution < -0.4 is 5.73 Å². The van der Waals surface area contributed by atoms with Crippen LogP contribution in [0, 0.1) is 0 Å². The van der Waals surface area contributed by atoms with E-state index in [1.54, 1.807) is 23.0 Å². The smallest absolute Gasteiger partial charge is 0.152 e. The molecule has 0 radical (unpaired) electrons. The Bertz CT molecular complexity index is 737. The first kappa shape index (κ1) is 13.5. The van der Waals surface area contributed by atoms with E-state index in [1.807, 2.05) is 12.1 Å². The number of hydrogen-bond donors (Lipinski definition) is 1. The topological polar surface area (TPSA) is 78.0 Å². The largest absolute Gasteiger partial charge is 0.383 e. The number of nitrogens with two attached hydrogens (primary N) is 1. The van der Waals surface area contributed by atoms with Gasteiger partial charge < -0.3 is 5.73 Å². The third-order valence-electron chi connectivity index (χ3n) is 3.54. The van der Waals surface area contributed by atoms with Crippen molar-refractivity contribution in [3.05, 3.63) is 35.5 Å². The number of hydrogen-bond acceptors (Lipinski definition) is 4. The van der Waals surface area contributed by atoms with E-state index in [4.69, 9.17) is 17.3 Å². The second-order valence-corrected chi connectivity index (χ2v) is 7.62. The Kier molecular flexibility index (Phi) is 3.22. The molecule has 2 aromatic rings. The van der Waals surface area contributed by atoms with Gasteiger partial charge in [0.15, 0.2) is 9.84 Å². The summed E-state index contributed by atoms with van der Waals surface area (Å²) in [4.78, 5) is 0. The summed E-state index contributed by atoms with van der Waals surface area (Å²) in [5.74, 6) is 0.807. The monoisotopic (exact) mass is 311 g/mol. The molecule has 20 heavy (non-hydrogen) atoms. The summed E-state index contributed by atoms with van der Waals surface area (Å²) in [7, 11) is -2.96. The van der Waals surface area contributed by atoms with Gasteiger partial charge in [-0.2, -0.15) is 5.10 Å².